The summed E-state index contributed by atoms with van der Waals surface area (Å²) in [4.78, 5) is 6.43. The minimum atomic E-state index is 0.0455. The van der Waals surface area contributed by atoms with E-state index in [0.717, 1.165) is 22.3 Å². The summed E-state index contributed by atoms with van der Waals surface area (Å²) >= 11 is 0. The molecule has 0 saturated heterocycles. The van der Waals surface area contributed by atoms with Gasteiger partial charge in [-0.1, -0.05) is 18.2 Å². The first-order valence-electron chi connectivity index (χ1n) is 4.89. The molecule has 0 saturated carbocycles. The zero-order valence-electron chi connectivity index (χ0n) is 8.94. The van der Waals surface area contributed by atoms with Crippen LogP contribution in [0.3, 0.4) is 0 Å². The molecule has 1 aromatic heterocycles. The second-order valence-electron chi connectivity index (χ2n) is 3.71. The van der Waals surface area contributed by atoms with Gasteiger partial charge in [-0.2, -0.15) is 0 Å². The molecule has 0 aliphatic carbocycles. The third kappa shape index (κ3) is 1.78. The Morgan fingerprint density at radius 3 is 2.67 bits per heavy atom. The van der Waals surface area contributed by atoms with Crippen LogP contribution in [-0.2, 0) is 6.61 Å². The third-order valence-electron chi connectivity index (χ3n) is 2.42. The van der Waals surface area contributed by atoms with E-state index in [4.69, 9.17) is 0 Å². The van der Waals surface area contributed by atoms with Gasteiger partial charge in [0, 0.05) is 19.5 Å². The fourth-order valence-electron chi connectivity index (χ4n) is 1.59. The molecule has 0 amide bonds. The Balaban J connectivity index is 2.71. The topological polar surface area (TPSA) is 36.4 Å². The summed E-state index contributed by atoms with van der Waals surface area (Å²) in [7, 11) is 3.89. The van der Waals surface area contributed by atoms with Gasteiger partial charge in [0.2, 0.25) is 0 Å². The first kappa shape index (κ1) is 9.93. The average Bonchev–Trinajstić information content (AvgIpc) is 2.27. The number of para-hydroxylation sites is 1. The normalized spacial score (nSPS) is 10.6. The molecular weight excluding hydrogens is 188 g/mol. The quantitative estimate of drug-likeness (QED) is 0.806. The summed E-state index contributed by atoms with van der Waals surface area (Å²) in [6.07, 6.45) is 0. The van der Waals surface area contributed by atoms with E-state index >= 15 is 0 Å². The van der Waals surface area contributed by atoms with Crippen LogP contribution in [0.4, 0.5) is 5.82 Å². The molecule has 78 valence electrons. The second kappa shape index (κ2) is 3.87. The van der Waals surface area contributed by atoms with Crippen molar-refractivity contribution in [1.29, 1.82) is 0 Å². The number of pyridine rings is 1. The van der Waals surface area contributed by atoms with E-state index in [1.54, 1.807) is 0 Å². The predicted molar refractivity (Wildman–Crippen MR) is 62.0 cm³/mol. The smallest absolute Gasteiger partial charge is 0.129 e. The summed E-state index contributed by atoms with van der Waals surface area (Å²) in [6, 6.07) is 9.77. The summed E-state index contributed by atoms with van der Waals surface area (Å²) < 4.78 is 0. The fourth-order valence-corrected chi connectivity index (χ4v) is 1.59. The van der Waals surface area contributed by atoms with Crippen LogP contribution >= 0.6 is 0 Å². The highest BCUT2D eigenvalue weighted by Crippen LogP contribution is 2.21. The van der Waals surface area contributed by atoms with Gasteiger partial charge in [0.05, 0.1) is 12.1 Å². The Morgan fingerprint density at radius 2 is 2.00 bits per heavy atom. The van der Waals surface area contributed by atoms with E-state index in [0.29, 0.717) is 0 Å². The molecule has 0 spiro atoms. The van der Waals surface area contributed by atoms with Crippen LogP contribution in [0.25, 0.3) is 10.9 Å². The number of fused-ring (bicyclic) bond motifs is 1. The Hall–Kier alpha value is -1.61. The molecule has 3 heteroatoms. The van der Waals surface area contributed by atoms with Crippen molar-refractivity contribution in [2.75, 3.05) is 19.0 Å². The highest BCUT2D eigenvalue weighted by molar-refractivity contribution is 5.83. The van der Waals surface area contributed by atoms with Crippen molar-refractivity contribution in [1.82, 2.24) is 4.98 Å². The van der Waals surface area contributed by atoms with Crippen molar-refractivity contribution < 1.29 is 5.11 Å². The average molecular weight is 202 g/mol. The molecule has 0 radical (unpaired) electrons. The summed E-state index contributed by atoms with van der Waals surface area (Å²) in [5.41, 5.74) is 1.84. The van der Waals surface area contributed by atoms with Gasteiger partial charge in [-0.05, 0) is 17.7 Å². The summed E-state index contributed by atoms with van der Waals surface area (Å²) in [6.45, 7) is 0.0455. The van der Waals surface area contributed by atoms with Gasteiger partial charge in [0.15, 0.2) is 0 Å². The number of rotatable bonds is 2. The van der Waals surface area contributed by atoms with Crippen LogP contribution < -0.4 is 4.90 Å². The number of hydrogen-bond donors (Lipinski definition) is 1. The molecule has 1 N–H and O–H groups in total. The molecule has 0 bridgehead atoms. The van der Waals surface area contributed by atoms with E-state index in [2.05, 4.69) is 4.98 Å². The number of nitrogens with zero attached hydrogens (tertiary/aromatic N) is 2. The molecule has 3 nitrogen and oxygen atoms in total. The molecular formula is C12H14N2O. The number of aliphatic hydroxyl groups excluding tert-OH is 1. The monoisotopic (exact) mass is 202 g/mol. The lowest BCUT2D eigenvalue weighted by molar-refractivity contribution is 0.283. The SMILES string of the molecule is CN(C)c1cc(CO)c2ccccc2n1. The predicted octanol–water partition coefficient (Wildman–Crippen LogP) is 1.79. The van der Waals surface area contributed by atoms with Gasteiger partial charge < -0.3 is 10.0 Å². The van der Waals surface area contributed by atoms with Crippen LogP contribution in [0.1, 0.15) is 5.56 Å². The maximum Gasteiger partial charge on any atom is 0.129 e. The Labute approximate surface area is 89.0 Å². The van der Waals surface area contributed by atoms with Crippen molar-refractivity contribution in [3.05, 3.63) is 35.9 Å². The maximum absolute atomic E-state index is 9.30. The number of benzene rings is 1. The second-order valence-corrected chi connectivity index (χ2v) is 3.71. The first-order chi connectivity index (χ1) is 7.22. The highest BCUT2D eigenvalue weighted by atomic mass is 16.3. The van der Waals surface area contributed by atoms with E-state index in [1.165, 1.54) is 0 Å². The first-order valence-corrected chi connectivity index (χ1v) is 4.89. The fraction of sp³-hybridized carbons (Fsp3) is 0.250. The lowest BCUT2D eigenvalue weighted by Crippen LogP contribution is -2.11. The highest BCUT2D eigenvalue weighted by Gasteiger charge is 2.05. The Morgan fingerprint density at radius 1 is 1.27 bits per heavy atom. The van der Waals surface area contributed by atoms with Gasteiger partial charge in [-0.3, -0.25) is 0 Å². The van der Waals surface area contributed by atoms with Gasteiger partial charge in [0.25, 0.3) is 0 Å². The third-order valence-corrected chi connectivity index (χ3v) is 2.42. The van der Waals surface area contributed by atoms with Crippen LogP contribution in [-0.4, -0.2) is 24.2 Å². The zero-order valence-corrected chi connectivity index (χ0v) is 8.94. The van der Waals surface area contributed by atoms with Crippen molar-refractivity contribution in [3.8, 4) is 0 Å². The minimum Gasteiger partial charge on any atom is -0.392 e. The van der Waals surface area contributed by atoms with E-state index in [9.17, 15) is 5.11 Å². The van der Waals surface area contributed by atoms with Crippen LogP contribution in [0.2, 0.25) is 0 Å². The standard InChI is InChI=1S/C12H14N2O/c1-14(2)12-7-9(8-15)10-5-3-4-6-11(10)13-12/h3-7,15H,8H2,1-2H3. The lowest BCUT2D eigenvalue weighted by atomic mass is 10.1. The van der Waals surface area contributed by atoms with Crippen LogP contribution in [0.15, 0.2) is 30.3 Å². The van der Waals surface area contributed by atoms with Crippen molar-refractivity contribution in [3.63, 3.8) is 0 Å². The van der Waals surface area contributed by atoms with E-state index in [-0.39, 0.29) is 6.61 Å². The number of hydrogen-bond acceptors (Lipinski definition) is 3. The molecule has 0 atom stereocenters. The Kier molecular flexibility index (Phi) is 2.56. The van der Waals surface area contributed by atoms with Crippen LogP contribution in [0.5, 0.6) is 0 Å². The molecule has 2 aromatic rings. The van der Waals surface area contributed by atoms with E-state index in [1.807, 2.05) is 49.3 Å². The summed E-state index contributed by atoms with van der Waals surface area (Å²) in [5, 5.41) is 10.3. The van der Waals surface area contributed by atoms with Gasteiger partial charge in [0.1, 0.15) is 5.82 Å². The van der Waals surface area contributed by atoms with Gasteiger partial charge in [-0.15, -0.1) is 0 Å². The molecule has 15 heavy (non-hydrogen) atoms. The molecule has 1 aromatic carbocycles. The molecule has 0 fully saturated rings. The van der Waals surface area contributed by atoms with Gasteiger partial charge >= 0.3 is 0 Å². The molecule has 0 aliphatic rings. The lowest BCUT2D eigenvalue weighted by Gasteiger charge is -2.14. The number of anilines is 1. The molecule has 0 aliphatic heterocycles. The number of aliphatic hydroxyl groups is 1. The summed E-state index contributed by atoms with van der Waals surface area (Å²) in [5.74, 6) is 0.873. The molecule has 2 rings (SSSR count). The minimum absolute atomic E-state index is 0.0455. The zero-order chi connectivity index (χ0) is 10.8. The molecule has 1 heterocycles. The van der Waals surface area contributed by atoms with Crippen molar-refractivity contribution in [2.24, 2.45) is 0 Å². The number of aromatic nitrogens is 1. The van der Waals surface area contributed by atoms with Crippen LogP contribution in [0, 0.1) is 0 Å². The van der Waals surface area contributed by atoms with Crippen molar-refractivity contribution >= 4 is 16.7 Å². The van der Waals surface area contributed by atoms with Crippen molar-refractivity contribution in [2.45, 2.75) is 6.61 Å². The Bertz CT molecular complexity index is 480. The maximum atomic E-state index is 9.30. The molecule has 0 unspecified atom stereocenters. The largest absolute Gasteiger partial charge is 0.392 e. The van der Waals surface area contributed by atoms with Gasteiger partial charge in [-0.25, -0.2) is 4.98 Å². The van der Waals surface area contributed by atoms with E-state index < -0.39 is 0 Å².